The summed E-state index contributed by atoms with van der Waals surface area (Å²) in [6.07, 6.45) is 0.313. The van der Waals surface area contributed by atoms with Crippen molar-refractivity contribution in [2.24, 2.45) is 0 Å². The maximum absolute atomic E-state index is 12.7. The lowest BCUT2D eigenvalue weighted by Gasteiger charge is -2.35. The number of aryl methyl sites for hydroxylation is 2. The molecule has 1 aromatic carbocycles. The number of nitrogens with zero attached hydrogens (tertiary/aromatic N) is 3. The predicted octanol–water partition coefficient (Wildman–Crippen LogP) is 2.29. The van der Waals surface area contributed by atoms with Crippen molar-refractivity contribution in [3.05, 3.63) is 57.3 Å². The molecule has 0 atom stereocenters. The molecule has 0 unspecified atom stereocenters. The number of fused-ring (bicyclic) bond motifs is 1. The highest BCUT2D eigenvalue weighted by Crippen LogP contribution is 2.24. The van der Waals surface area contributed by atoms with E-state index in [4.69, 9.17) is 13.7 Å². The second-order valence-corrected chi connectivity index (χ2v) is 7.59. The number of carbonyl (C=O) groups excluding carboxylic acids is 1. The van der Waals surface area contributed by atoms with Crippen LogP contribution in [0.25, 0.3) is 11.0 Å². The molecule has 1 saturated heterocycles. The summed E-state index contributed by atoms with van der Waals surface area (Å²) in [7, 11) is 1.58. The fraction of sp³-hybridized carbons (Fsp3) is 0.409. The van der Waals surface area contributed by atoms with Crippen LogP contribution in [-0.2, 0) is 17.8 Å². The number of carbonyl (C=O) groups is 1. The number of hydrogen-bond donors (Lipinski definition) is 0. The van der Waals surface area contributed by atoms with Gasteiger partial charge in [-0.15, -0.1) is 0 Å². The Labute approximate surface area is 174 Å². The Balaban J connectivity index is 1.41. The van der Waals surface area contributed by atoms with E-state index < -0.39 is 0 Å². The van der Waals surface area contributed by atoms with Crippen LogP contribution < -0.4 is 10.4 Å². The SMILES string of the molecule is COc1ccc2c(CN3CCN(C(=O)Cc4c(C)noc4C)CC3)cc(=O)oc2c1. The summed E-state index contributed by atoms with van der Waals surface area (Å²) < 4.78 is 15.7. The summed E-state index contributed by atoms with van der Waals surface area (Å²) in [6, 6.07) is 7.04. The number of ether oxygens (including phenoxy) is 1. The Morgan fingerprint density at radius 3 is 2.60 bits per heavy atom. The molecule has 3 heterocycles. The molecule has 0 radical (unpaired) electrons. The Morgan fingerprint density at radius 1 is 1.17 bits per heavy atom. The molecule has 1 aliphatic heterocycles. The van der Waals surface area contributed by atoms with Crippen LogP contribution >= 0.6 is 0 Å². The van der Waals surface area contributed by atoms with Gasteiger partial charge in [-0.3, -0.25) is 9.69 Å². The molecule has 8 heteroatoms. The van der Waals surface area contributed by atoms with Crippen LogP contribution in [0.1, 0.15) is 22.6 Å². The highest BCUT2D eigenvalue weighted by atomic mass is 16.5. The van der Waals surface area contributed by atoms with Crippen molar-refractivity contribution >= 4 is 16.9 Å². The minimum Gasteiger partial charge on any atom is -0.497 e. The molecule has 0 aliphatic carbocycles. The third kappa shape index (κ3) is 4.09. The predicted molar refractivity (Wildman–Crippen MR) is 111 cm³/mol. The summed E-state index contributed by atoms with van der Waals surface area (Å²) in [5, 5.41) is 4.82. The van der Waals surface area contributed by atoms with Gasteiger partial charge in [0.05, 0.1) is 19.2 Å². The van der Waals surface area contributed by atoms with Gasteiger partial charge >= 0.3 is 5.63 Å². The first-order chi connectivity index (χ1) is 14.4. The number of benzene rings is 1. The molecule has 30 heavy (non-hydrogen) atoms. The molecule has 0 spiro atoms. The van der Waals surface area contributed by atoms with Gasteiger partial charge in [0, 0.05) is 55.8 Å². The standard InChI is InChI=1S/C22H25N3O5/c1-14-19(15(2)30-23-14)12-21(26)25-8-6-24(7-9-25)13-16-10-22(27)29-20-11-17(28-3)4-5-18(16)20/h4-5,10-11H,6-9,12-13H2,1-3H3. The fourth-order valence-electron chi connectivity index (χ4n) is 3.88. The van der Waals surface area contributed by atoms with Gasteiger partial charge in [-0.25, -0.2) is 4.79 Å². The average Bonchev–Trinajstić information content (AvgIpc) is 3.05. The molecule has 1 fully saturated rings. The number of aromatic nitrogens is 1. The summed E-state index contributed by atoms with van der Waals surface area (Å²) >= 11 is 0. The van der Waals surface area contributed by atoms with Crippen molar-refractivity contribution in [2.45, 2.75) is 26.8 Å². The largest absolute Gasteiger partial charge is 0.497 e. The first-order valence-electron chi connectivity index (χ1n) is 9.97. The Morgan fingerprint density at radius 2 is 1.93 bits per heavy atom. The monoisotopic (exact) mass is 411 g/mol. The van der Waals surface area contributed by atoms with Crippen LogP contribution in [0, 0.1) is 13.8 Å². The third-order valence-corrected chi connectivity index (χ3v) is 5.67. The summed E-state index contributed by atoms with van der Waals surface area (Å²) in [4.78, 5) is 28.8. The van der Waals surface area contributed by atoms with Crippen LogP contribution in [0.2, 0.25) is 0 Å². The minimum absolute atomic E-state index is 0.0851. The maximum atomic E-state index is 12.7. The topological polar surface area (TPSA) is 89.0 Å². The lowest BCUT2D eigenvalue weighted by Crippen LogP contribution is -2.48. The quantitative estimate of drug-likeness (QED) is 0.595. The lowest BCUT2D eigenvalue weighted by atomic mass is 10.1. The van der Waals surface area contributed by atoms with Gasteiger partial charge in [-0.2, -0.15) is 0 Å². The van der Waals surface area contributed by atoms with Gasteiger partial charge in [-0.05, 0) is 31.5 Å². The molecule has 0 saturated carbocycles. The van der Waals surface area contributed by atoms with E-state index >= 15 is 0 Å². The maximum Gasteiger partial charge on any atom is 0.336 e. The summed E-state index contributed by atoms with van der Waals surface area (Å²) in [5.74, 6) is 1.43. The van der Waals surface area contributed by atoms with Crippen LogP contribution in [0.3, 0.4) is 0 Å². The normalized spacial score (nSPS) is 15.0. The van der Waals surface area contributed by atoms with E-state index in [0.717, 1.165) is 35.3 Å². The Hall–Kier alpha value is -3.13. The van der Waals surface area contributed by atoms with Gasteiger partial charge in [0.2, 0.25) is 5.91 Å². The second kappa shape index (κ2) is 8.31. The highest BCUT2D eigenvalue weighted by molar-refractivity contribution is 5.81. The number of amides is 1. The van der Waals surface area contributed by atoms with Gasteiger partial charge in [0.25, 0.3) is 0 Å². The van der Waals surface area contributed by atoms with Crippen molar-refractivity contribution in [1.29, 1.82) is 0 Å². The van der Waals surface area contributed by atoms with Gasteiger partial charge in [0.1, 0.15) is 17.1 Å². The molecular weight excluding hydrogens is 386 g/mol. The van der Waals surface area contributed by atoms with Gasteiger partial charge in [0.15, 0.2) is 0 Å². The van der Waals surface area contributed by atoms with Crippen LogP contribution in [0.5, 0.6) is 5.75 Å². The first kappa shape index (κ1) is 20.2. The Kier molecular flexibility index (Phi) is 5.59. The number of methoxy groups -OCH3 is 1. The van der Waals surface area contributed by atoms with Gasteiger partial charge in [-0.1, -0.05) is 5.16 Å². The van der Waals surface area contributed by atoms with Crippen LogP contribution in [-0.4, -0.2) is 54.2 Å². The van der Waals surface area contributed by atoms with E-state index in [0.29, 0.717) is 43.1 Å². The van der Waals surface area contributed by atoms with Gasteiger partial charge < -0.3 is 18.6 Å². The fourth-order valence-corrected chi connectivity index (χ4v) is 3.88. The second-order valence-electron chi connectivity index (χ2n) is 7.59. The van der Waals surface area contributed by atoms with E-state index in [1.807, 2.05) is 30.9 Å². The smallest absolute Gasteiger partial charge is 0.336 e. The lowest BCUT2D eigenvalue weighted by molar-refractivity contribution is -0.132. The van der Waals surface area contributed by atoms with E-state index in [1.165, 1.54) is 0 Å². The van der Waals surface area contributed by atoms with E-state index in [2.05, 4.69) is 10.1 Å². The number of hydrogen-bond acceptors (Lipinski definition) is 7. The molecular formula is C22H25N3O5. The van der Waals surface area contributed by atoms with Crippen molar-refractivity contribution in [2.75, 3.05) is 33.3 Å². The number of piperazine rings is 1. The molecule has 1 amide bonds. The zero-order chi connectivity index (χ0) is 21.3. The molecule has 1 aliphatic rings. The van der Waals surface area contributed by atoms with Crippen molar-refractivity contribution in [1.82, 2.24) is 15.0 Å². The molecule has 0 N–H and O–H groups in total. The molecule has 3 aromatic rings. The molecule has 158 valence electrons. The molecule has 2 aromatic heterocycles. The number of rotatable bonds is 5. The summed E-state index contributed by atoms with van der Waals surface area (Å²) in [6.45, 7) is 7.09. The molecule has 4 rings (SSSR count). The van der Waals surface area contributed by atoms with E-state index in [1.54, 1.807) is 19.2 Å². The highest BCUT2D eigenvalue weighted by Gasteiger charge is 2.24. The van der Waals surface area contributed by atoms with Crippen molar-refractivity contribution in [3.8, 4) is 5.75 Å². The van der Waals surface area contributed by atoms with E-state index in [9.17, 15) is 9.59 Å². The molecule has 0 bridgehead atoms. The zero-order valence-corrected chi connectivity index (χ0v) is 17.4. The Bertz CT molecular complexity index is 1110. The third-order valence-electron chi connectivity index (χ3n) is 5.67. The first-order valence-corrected chi connectivity index (χ1v) is 9.97. The van der Waals surface area contributed by atoms with Crippen molar-refractivity contribution in [3.63, 3.8) is 0 Å². The van der Waals surface area contributed by atoms with Crippen LogP contribution in [0.4, 0.5) is 0 Å². The van der Waals surface area contributed by atoms with E-state index in [-0.39, 0.29) is 11.5 Å². The minimum atomic E-state index is -0.376. The zero-order valence-electron chi connectivity index (χ0n) is 17.4. The average molecular weight is 411 g/mol. The summed E-state index contributed by atoms with van der Waals surface area (Å²) in [5.41, 5.74) is 2.70. The molecule has 8 nitrogen and oxygen atoms in total. The van der Waals surface area contributed by atoms with Crippen molar-refractivity contribution < 1.29 is 18.5 Å². The van der Waals surface area contributed by atoms with Crippen LogP contribution in [0.15, 0.2) is 38.0 Å².